The van der Waals surface area contributed by atoms with E-state index in [2.05, 4.69) is 62.5 Å². The fourth-order valence-corrected chi connectivity index (χ4v) is 10.7. The summed E-state index contributed by atoms with van der Waals surface area (Å²) in [4.78, 5) is 24.6. The molecule has 0 radical (unpaired) electrons. The SMILES string of the molecule is CC/C=C\C/C=C\C/C=C\C/C=C\CCCCCCCCCCCCCCCCCCCCCCCCCCCCC(=O)OC(CO)COC(=O)CCCCCCCCCCCCCCCCCCCCCCCCCC. The average Bonchev–Trinajstić information content (AvgIpc) is 3.43. The molecule has 0 aliphatic rings. The molecule has 0 aliphatic carbocycles. The predicted molar refractivity (Wildman–Crippen MR) is 339 cm³/mol. The van der Waals surface area contributed by atoms with E-state index in [-0.39, 0.29) is 25.2 Å². The van der Waals surface area contributed by atoms with Crippen LogP contribution in [0.5, 0.6) is 0 Å². The van der Waals surface area contributed by atoms with Gasteiger partial charge in [0.05, 0.1) is 6.61 Å². The molecule has 1 atom stereocenters. The Hall–Kier alpha value is -2.14. The zero-order valence-corrected chi connectivity index (χ0v) is 52.0. The third-order valence-corrected chi connectivity index (χ3v) is 15.9. The lowest BCUT2D eigenvalue weighted by atomic mass is 10.0. The number of allylic oxidation sites excluding steroid dienone is 8. The van der Waals surface area contributed by atoms with Gasteiger partial charge in [-0.15, -0.1) is 0 Å². The van der Waals surface area contributed by atoms with Gasteiger partial charge in [0.1, 0.15) is 6.61 Å². The van der Waals surface area contributed by atoms with Gasteiger partial charge in [0.25, 0.3) is 0 Å². The maximum absolute atomic E-state index is 12.4. The summed E-state index contributed by atoms with van der Waals surface area (Å²) in [5.74, 6) is -0.564. The monoisotopic (exact) mass is 1080 g/mol. The molecule has 5 nitrogen and oxygen atoms in total. The summed E-state index contributed by atoms with van der Waals surface area (Å²) in [7, 11) is 0. The molecule has 0 aromatic heterocycles. The third-order valence-electron chi connectivity index (χ3n) is 15.9. The van der Waals surface area contributed by atoms with Gasteiger partial charge >= 0.3 is 11.9 Å². The Labute approximate surface area is 481 Å². The summed E-state index contributed by atoms with van der Waals surface area (Å²) >= 11 is 0. The van der Waals surface area contributed by atoms with E-state index in [4.69, 9.17) is 9.47 Å². The molecule has 452 valence electrons. The van der Waals surface area contributed by atoms with Crippen LogP contribution in [0, 0.1) is 0 Å². The van der Waals surface area contributed by atoms with Crippen LogP contribution in [0.2, 0.25) is 0 Å². The highest BCUT2D eigenvalue weighted by Crippen LogP contribution is 2.19. The first-order valence-electron chi connectivity index (χ1n) is 34.7. The molecule has 77 heavy (non-hydrogen) atoms. The predicted octanol–water partition coefficient (Wildman–Crippen LogP) is 23.9. The molecule has 0 amide bonds. The van der Waals surface area contributed by atoms with Crippen molar-refractivity contribution < 1.29 is 24.2 Å². The van der Waals surface area contributed by atoms with Gasteiger partial charge in [-0.25, -0.2) is 0 Å². The molecular formula is C72H134O5. The molecule has 1 N–H and O–H groups in total. The fraction of sp³-hybridized carbons (Fsp3) is 0.861. The minimum absolute atomic E-state index is 0.0582. The summed E-state index contributed by atoms with van der Waals surface area (Å²) in [5, 5.41) is 9.69. The molecule has 0 aromatic rings. The van der Waals surface area contributed by atoms with Crippen LogP contribution in [-0.4, -0.2) is 36.4 Å². The first-order chi connectivity index (χ1) is 38.1. The number of ether oxygens (including phenoxy) is 2. The second-order valence-corrected chi connectivity index (χ2v) is 23.6. The van der Waals surface area contributed by atoms with Crippen molar-refractivity contribution in [1.82, 2.24) is 0 Å². The summed E-state index contributed by atoms with van der Waals surface area (Å²) in [5.41, 5.74) is 0. The largest absolute Gasteiger partial charge is 0.462 e. The maximum atomic E-state index is 12.4. The van der Waals surface area contributed by atoms with E-state index < -0.39 is 6.10 Å². The topological polar surface area (TPSA) is 72.8 Å². The number of carbonyl (C=O) groups is 2. The first-order valence-corrected chi connectivity index (χ1v) is 34.7. The number of hydrogen-bond donors (Lipinski definition) is 1. The number of hydrogen-bond acceptors (Lipinski definition) is 5. The number of esters is 2. The molecule has 0 aliphatic heterocycles. The van der Waals surface area contributed by atoms with Gasteiger partial charge < -0.3 is 14.6 Å². The van der Waals surface area contributed by atoms with Gasteiger partial charge in [-0.1, -0.05) is 364 Å². The van der Waals surface area contributed by atoms with Crippen molar-refractivity contribution in [3.8, 4) is 0 Å². The molecule has 0 spiro atoms. The Kier molecular flexibility index (Phi) is 66.2. The summed E-state index contributed by atoms with van der Waals surface area (Å²) in [6.45, 7) is 4.09. The van der Waals surface area contributed by atoms with E-state index in [0.717, 1.165) is 57.8 Å². The Morgan fingerprint density at radius 2 is 0.558 bits per heavy atom. The van der Waals surface area contributed by atoms with Crippen molar-refractivity contribution in [3.05, 3.63) is 48.6 Å². The van der Waals surface area contributed by atoms with E-state index in [0.29, 0.717) is 12.8 Å². The van der Waals surface area contributed by atoms with Gasteiger partial charge in [0, 0.05) is 12.8 Å². The molecule has 5 heteroatoms. The van der Waals surface area contributed by atoms with Crippen LogP contribution < -0.4 is 0 Å². The van der Waals surface area contributed by atoms with Crippen molar-refractivity contribution in [3.63, 3.8) is 0 Å². The van der Waals surface area contributed by atoms with E-state index in [1.165, 1.54) is 295 Å². The molecule has 0 saturated heterocycles. The van der Waals surface area contributed by atoms with Crippen molar-refractivity contribution in [2.45, 2.75) is 386 Å². The lowest BCUT2D eigenvalue weighted by Gasteiger charge is -2.15. The van der Waals surface area contributed by atoms with Crippen molar-refractivity contribution in [1.29, 1.82) is 0 Å². The first kappa shape index (κ1) is 74.9. The standard InChI is InChI=1S/C72H134O5/c1-3-5-7-9-11-13-15-17-19-21-23-25-27-29-30-31-32-33-34-35-36-37-38-39-40-41-42-43-45-47-49-51-53-55-57-59-61-63-65-67-72(75)77-70(68-73)69-76-71(74)66-64-62-60-58-56-54-52-50-48-46-44-28-26-24-22-20-18-16-14-12-10-8-6-4-2/h5,7,11,13,17,19,23,25,70,73H,3-4,6,8-10,12,14-16,18,20-22,24,26-69H2,1-2H3/b7-5-,13-11-,19-17-,25-23-. The quantitative estimate of drug-likeness (QED) is 0.0373. The number of rotatable bonds is 65. The highest BCUT2D eigenvalue weighted by molar-refractivity contribution is 5.70. The van der Waals surface area contributed by atoms with Crippen molar-refractivity contribution in [2.75, 3.05) is 13.2 Å². The van der Waals surface area contributed by atoms with Crippen LogP contribution in [-0.2, 0) is 19.1 Å². The van der Waals surface area contributed by atoms with Crippen LogP contribution in [0.1, 0.15) is 380 Å². The van der Waals surface area contributed by atoms with Gasteiger partial charge in [-0.3, -0.25) is 9.59 Å². The van der Waals surface area contributed by atoms with Crippen molar-refractivity contribution >= 4 is 11.9 Å². The van der Waals surface area contributed by atoms with Gasteiger partial charge in [-0.2, -0.15) is 0 Å². The molecule has 1 unspecified atom stereocenters. The summed E-state index contributed by atoms with van der Waals surface area (Å²) in [6.07, 6.45) is 91.6. The van der Waals surface area contributed by atoms with E-state index in [9.17, 15) is 14.7 Å². The van der Waals surface area contributed by atoms with Gasteiger partial charge in [-0.05, 0) is 51.4 Å². The van der Waals surface area contributed by atoms with Crippen LogP contribution in [0.15, 0.2) is 48.6 Å². The van der Waals surface area contributed by atoms with E-state index in [1.54, 1.807) is 0 Å². The van der Waals surface area contributed by atoms with Crippen LogP contribution in [0.25, 0.3) is 0 Å². The number of aliphatic hydroxyl groups is 1. The minimum atomic E-state index is -0.768. The molecular weight excluding hydrogens is 945 g/mol. The number of aliphatic hydroxyl groups excluding tert-OH is 1. The molecule has 0 aromatic carbocycles. The third kappa shape index (κ3) is 66.3. The Bertz CT molecular complexity index is 1270. The fourth-order valence-electron chi connectivity index (χ4n) is 10.7. The second-order valence-electron chi connectivity index (χ2n) is 23.6. The number of carbonyl (C=O) groups excluding carboxylic acids is 2. The smallest absolute Gasteiger partial charge is 0.306 e. The normalized spacial score (nSPS) is 12.4. The zero-order valence-electron chi connectivity index (χ0n) is 52.0. The molecule has 0 fully saturated rings. The van der Waals surface area contributed by atoms with Crippen LogP contribution in [0.3, 0.4) is 0 Å². The van der Waals surface area contributed by atoms with Crippen LogP contribution >= 0.6 is 0 Å². The van der Waals surface area contributed by atoms with Crippen LogP contribution in [0.4, 0.5) is 0 Å². The minimum Gasteiger partial charge on any atom is -0.462 e. The van der Waals surface area contributed by atoms with Gasteiger partial charge in [0.15, 0.2) is 6.10 Å². The highest BCUT2D eigenvalue weighted by Gasteiger charge is 2.16. The van der Waals surface area contributed by atoms with Crippen molar-refractivity contribution in [2.24, 2.45) is 0 Å². The molecule has 0 saturated carbocycles. The second kappa shape index (κ2) is 68.1. The van der Waals surface area contributed by atoms with Gasteiger partial charge in [0.2, 0.25) is 0 Å². The zero-order chi connectivity index (χ0) is 55.5. The highest BCUT2D eigenvalue weighted by atomic mass is 16.6. The Balaban J connectivity index is 3.37. The Morgan fingerprint density at radius 3 is 0.844 bits per heavy atom. The number of unbranched alkanes of at least 4 members (excludes halogenated alkanes) is 49. The molecule has 0 bridgehead atoms. The lowest BCUT2D eigenvalue weighted by molar-refractivity contribution is -0.161. The Morgan fingerprint density at radius 1 is 0.312 bits per heavy atom. The summed E-state index contributed by atoms with van der Waals surface area (Å²) < 4.78 is 10.8. The summed E-state index contributed by atoms with van der Waals surface area (Å²) in [6, 6.07) is 0. The maximum Gasteiger partial charge on any atom is 0.306 e. The molecule has 0 heterocycles. The average molecular weight is 1080 g/mol. The lowest BCUT2D eigenvalue weighted by Crippen LogP contribution is -2.28. The van der Waals surface area contributed by atoms with E-state index >= 15 is 0 Å². The van der Waals surface area contributed by atoms with E-state index in [1.807, 2.05) is 0 Å². The molecule has 0 rings (SSSR count).